The van der Waals surface area contributed by atoms with Gasteiger partial charge < -0.3 is 10.2 Å². The van der Waals surface area contributed by atoms with Crippen LogP contribution in [0.2, 0.25) is 0 Å². The zero-order chi connectivity index (χ0) is 13.6. The maximum atomic E-state index is 11.4. The molecule has 0 amide bonds. The maximum absolute atomic E-state index is 11.4. The molecule has 0 saturated heterocycles. The van der Waals surface area contributed by atoms with Gasteiger partial charge in [0.15, 0.2) is 21.3 Å². The van der Waals surface area contributed by atoms with E-state index in [1.807, 2.05) is 13.8 Å². The zero-order valence-electron chi connectivity index (χ0n) is 10.6. The molecule has 0 bridgehead atoms. The first-order valence-corrected chi connectivity index (χ1v) is 7.43. The summed E-state index contributed by atoms with van der Waals surface area (Å²) in [6.07, 6.45) is 1.66. The molecular formula is C12H16N2O3S. The van der Waals surface area contributed by atoms with Crippen molar-refractivity contribution in [3.63, 3.8) is 0 Å². The number of aromatic nitrogens is 1. The Balaban J connectivity index is 2.46. The van der Waals surface area contributed by atoms with Crippen LogP contribution in [0.3, 0.4) is 0 Å². The molecule has 18 heavy (non-hydrogen) atoms. The predicted molar refractivity (Wildman–Crippen MR) is 69.1 cm³/mol. The van der Waals surface area contributed by atoms with Crippen LogP contribution in [0.15, 0.2) is 27.5 Å². The molecule has 0 spiro atoms. The van der Waals surface area contributed by atoms with Crippen LogP contribution < -0.4 is 5.73 Å². The van der Waals surface area contributed by atoms with Gasteiger partial charge in [-0.3, -0.25) is 0 Å². The Hall–Kier alpha value is -1.40. The minimum absolute atomic E-state index is 0.238. The summed E-state index contributed by atoms with van der Waals surface area (Å²) in [6.45, 7) is 3.76. The average Bonchev–Trinajstić information content (AvgIpc) is 2.53. The highest BCUT2D eigenvalue weighted by atomic mass is 32.2. The van der Waals surface area contributed by atoms with Gasteiger partial charge in [0, 0.05) is 18.2 Å². The van der Waals surface area contributed by atoms with Gasteiger partial charge in [-0.2, -0.15) is 0 Å². The third kappa shape index (κ3) is 2.88. The number of oxazole rings is 1. The standard InChI is InChI=1S/C12H16N2O3S/c1-12(2,13)7-11-14-9-6-8(18(3,15)16)4-5-10(9)17-11/h4-6H,7,13H2,1-3H3. The van der Waals surface area contributed by atoms with Gasteiger partial charge in [-0.1, -0.05) is 0 Å². The minimum atomic E-state index is -3.23. The highest BCUT2D eigenvalue weighted by molar-refractivity contribution is 7.90. The van der Waals surface area contributed by atoms with Gasteiger partial charge in [-0.25, -0.2) is 13.4 Å². The number of hydrogen-bond donors (Lipinski definition) is 1. The Morgan fingerprint density at radius 2 is 2.06 bits per heavy atom. The van der Waals surface area contributed by atoms with E-state index in [4.69, 9.17) is 10.2 Å². The first-order chi connectivity index (χ1) is 8.15. The maximum Gasteiger partial charge on any atom is 0.197 e. The third-order valence-corrected chi connectivity index (χ3v) is 3.55. The Bertz CT molecular complexity index is 681. The normalized spacial score (nSPS) is 13.1. The second-order valence-corrected chi connectivity index (χ2v) is 7.19. The molecule has 0 aliphatic heterocycles. The van der Waals surface area contributed by atoms with Crippen LogP contribution in [0.4, 0.5) is 0 Å². The number of rotatable bonds is 3. The fourth-order valence-corrected chi connectivity index (χ4v) is 2.29. The lowest BCUT2D eigenvalue weighted by Crippen LogP contribution is -2.34. The molecule has 1 aromatic heterocycles. The Labute approximate surface area is 106 Å². The minimum Gasteiger partial charge on any atom is -0.441 e. The summed E-state index contributed by atoms with van der Waals surface area (Å²) in [5.74, 6) is 0.517. The lowest BCUT2D eigenvalue weighted by atomic mass is 10.0. The van der Waals surface area contributed by atoms with Crippen LogP contribution in [0.1, 0.15) is 19.7 Å². The van der Waals surface area contributed by atoms with Crippen molar-refractivity contribution < 1.29 is 12.8 Å². The van der Waals surface area contributed by atoms with E-state index in [-0.39, 0.29) is 4.90 Å². The van der Waals surface area contributed by atoms with Gasteiger partial charge in [0.25, 0.3) is 0 Å². The lowest BCUT2D eigenvalue weighted by Gasteiger charge is -2.14. The van der Waals surface area contributed by atoms with Crippen LogP contribution in [0.25, 0.3) is 11.1 Å². The van der Waals surface area contributed by atoms with Crippen LogP contribution in [-0.4, -0.2) is 25.2 Å². The fraction of sp³-hybridized carbons (Fsp3) is 0.417. The molecule has 0 aliphatic rings. The summed E-state index contributed by atoms with van der Waals surface area (Å²) in [6, 6.07) is 4.65. The molecule has 0 unspecified atom stereocenters. The first-order valence-electron chi connectivity index (χ1n) is 5.53. The lowest BCUT2D eigenvalue weighted by molar-refractivity contribution is 0.433. The smallest absolute Gasteiger partial charge is 0.197 e. The largest absolute Gasteiger partial charge is 0.441 e. The Morgan fingerprint density at radius 3 is 2.61 bits per heavy atom. The molecular weight excluding hydrogens is 252 g/mol. The number of hydrogen-bond acceptors (Lipinski definition) is 5. The molecule has 1 aromatic carbocycles. The monoisotopic (exact) mass is 268 g/mol. The summed E-state index contributed by atoms with van der Waals surface area (Å²) in [5.41, 5.74) is 6.59. The summed E-state index contributed by atoms with van der Waals surface area (Å²) in [5, 5.41) is 0. The third-order valence-electron chi connectivity index (χ3n) is 2.44. The second-order valence-electron chi connectivity index (χ2n) is 5.17. The predicted octanol–water partition coefficient (Wildman–Crippen LogP) is 1.51. The van der Waals surface area contributed by atoms with Crippen molar-refractivity contribution in [1.29, 1.82) is 0 Å². The highest BCUT2D eigenvalue weighted by Crippen LogP contribution is 2.21. The van der Waals surface area contributed by atoms with Crippen molar-refractivity contribution in [2.24, 2.45) is 5.73 Å². The van der Waals surface area contributed by atoms with Crippen LogP contribution in [0, 0.1) is 0 Å². The topological polar surface area (TPSA) is 86.2 Å². The van der Waals surface area contributed by atoms with Crippen LogP contribution >= 0.6 is 0 Å². The van der Waals surface area contributed by atoms with Crippen LogP contribution in [0.5, 0.6) is 0 Å². The Kier molecular flexibility index (Phi) is 2.95. The molecule has 0 saturated carbocycles. The number of benzene rings is 1. The molecule has 0 radical (unpaired) electrons. The molecule has 2 rings (SSSR count). The Morgan fingerprint density at radius 1 is 1.39 bits per heavy atom. The van der Waals surface area contributed by atoms with Crippen molar-refractivity contribution in [3.8, 4) is 0 Å². The molecule has 2 N–H and O–H groups in total. The van der Waals surface area contributed by atoms with E-state index in [0.29, 0.717) is 23.4 Å². The van der Waals surface area contributed by atoms with E-state index in [0.717, 1.165) is 6.26 Å². The van der Waals surface area contributed by atoms with E-state index in [1.54, 1.807) is 6.07 Å². The SMILES string of the molecule is CC(C)(N)Cc1nc2cc(S(C)(=O)=O)ccc2o1. The molecule has 5 nitrogen and oxygen atoms in total. The average molecular weight is 268 g/mol. The molecule has 0 aliphatic carbocycles. The molecule has 0 atom stereocenters. The molecule has 6 heteroatoms. The first kappa shape index (κ1) is 13.0. The van der Waals surface area contributed by atoms with Gasteiger partial charge in [0.1, 0.15) is 5.52 Å². The molecule has 98 valence electrons. The van der Waals surface area contributed by atoms with Crippen molar-refractivity contribution in [1.82, 2.24) is 4.98 Å². The van der Waals surface area contributed by atoms with Gasteiger partial charge in [0.2, 0.25) is 0 Å². The molecule has 0 fully saturated rings. The van der Waals surface area contributed by atoms with E-state index in [1.165, 1.54) is 12.1 Å². The van der Waals surface area contributed by atoms with Crippen molar-refractivity contribution in [2.45, 2.75) is 30.7 Å². The summed E-state index contributed by atoms with van der Waals surface area (Å²) < 4.78 is 28.4. The molecule has 2 aromatic rings. The summed E-state index contributed by atoms with van der Waals surface area (Å²) >= 11 is 0. The fourth-order valence-electron chi connectivity index (χ4n) is 1.65. The van der Waals surface area contributed by atoms with E-state index in [2.05, 4.69) is 4.98 Å². The van der Waals surface area contributed by atoms with E-state index < -0.39 is 15.4 Å². The van der Waals surface area contributed by atoms with Gasteiger partial charge in [-0.05, 0) is 32.0 Å². The quantitative estimate of drug-likeness (QED) is 0.911. The van der Waals surface area contributed by atoms with Crippen molar-refractivity contribution in [3.05, 3.63) is 24.1 Å². The number of fused-ring (bicyclic) bond motifs is 1. The van der Waals surface area contributed by atoms with Crippen LogP contribution in [-0.2, 0) is 16.3 Å². The van der Waals surface area contributed by atoms with Gasteiger partial charge in [-0.15, -0.1) is 0 Å². The summed E-state index contributed by atoms with van der Waals surface area (Å²) in [4.78, 5) is 4.50. The second kappa shape index (κ2) is 4.07. The summed E-state index contributed by atoms with van der Waals surface area (Å²) in [7, 11) is -3.23. The van der Waals surface area contributed by atoms with Crippen molar-refractivity contribution in [2.75, 3.05) is 6.26 Å². The number of sulfone groups is 1. The van der Waals surface area contributed by atoms with E-state index in [9.17, 15) is 8.42 Å². The zero-order valence-corrected chi connectivity index (χ0v) is 11.4. The number of nitrogens with zero attached hydrogens (tertiary/aromatic N) is 1. The van der Waals surface area contributed by atoms with Gasteiger partial charge >= 0.3 is 0 Å². The highest BCUT2D eigenvalue weighted by Gasteiger charge is 2.17. The number of nitrogens with two attached hydrogens (primary N) is 1. The van der Waals surface area contributed by atoms with Crippen molar-refractivity contribution >= 4 is 20.9 Å². The molecule has 1 heterocycles. The van der Waals surface area contributed by atoms with Gasteiger partial charge in [0.05, 0.1) is 4.90 Å². The van der Waals surface area contributed by atoms with E-state index >= 15 is 0 Å².